The van der Waals surface area contributed by atoms with E-state index in [4.69, 9.17) is 0 Å². The lowest BCUT2D eigenvalue weighted by atomic mass is 9.98. The third kappa shape index (κ3) is 3.96. The van der Waals surface area contributed by atoms with Crippen molar-refractivity contribution in [3.63, 3.8) is 0 Å². The maximum absolute atomic E-state index is 11.5. The van der Waals surface area contributed by atoms with Gasteiger partial charge in [0.05, 0.1) is 0 Å². The zero-order chi connectivity index (χ0) is 12.8. The number of aromatic nitrogens is 1. The molecule has 0 aliphatic carbocycles. The minimum absolute atomic E-state index is 0.0803. The van der Waals surface area contributed by atoms with Crippen molar-refractivity contribution in [3.8, 4) is 0 Å². The molecule has 0 radical (unpaired) electrons. The highest BCUT2D eigenvalue weighted by Crippen LogP contribution is 2.13. The molecule has 2 rings (SSSR count). The summed E-state index contributed by atoms with van der Waals surface area (Å²) in [5.41, 5.74) is 0.0803. The minimum Gasteiger partial charge on any atom is -0.315 e. The molecule has 4 nitrogen and oxygen atoms in total. The smallest absolute Gasteiger partial charge is 0.250 e. The number of piperidine rings is 1. The van der Waals surface area contributed by atoms with Gasteiger partial charge in [-0.15, -0.1) is 0 Å². The van der Waals surface area contributed by atoms with Gasteiger partial charge in [0.2, 0.25) is 0 Å². The second kappa shape index (κ2) is 6.71. The molecule has 2 heterocycles. The third-order valence-corrected chi connectivity index (χ3v) is 3.58. The third-order valence-electron chi connectivity index (χ3n) is 3.58. The Bertz CT molecular complexity index is 416. The molecular weight excluding hydrogens is 226 g/mol. The molecule has 1 saturated heterocycles. The van der Waals surface area contributed by atoms with E-state index in [9.17, 15) is 4.79 Å². The van der Waals surface area contributed by atoms with Crippen LogP contribution in [0.1, 0.15) is 12.8 Å². The van der Waals surface area contributed by atoms with Gasteiger partial charge in [-0.2, -0.15) is 0 Å². The lowest BCUT2D eigenvalue weighted by molar-refractivity contribution is 0.206. The number of hydrogen-bond donors (Lipinski definition) is 1. The van der Waals surface area contributed by atoms with Crippen LogP contribution in [-0.4, -0.2) is 42.7 Å². The molecule has 0 bridgehead atoms. The molecule has 100 valence electrons. The summed E-state index contributed by atoms with van der Waals surface area (Å²) in [5, 5.41) is 3.46. The van der Waals surface area contributed by atoms with Crippen LogP contribution in [0.25, 0.3) is 0 Å². The van der Waals surface area contributed by atoms with E-state index in [1.54, 1.807) is 16.7 Å². The largest absolute Gasteiger partial charge is 0.315 e. The van der Waals surface area contributed by atoms with Gasteiger partial charge in [-0.25, -0.2) is 0 Å². The van der Waals surface area contributed by atoms with Crippen molar-refractivity contribution in [3.05, 3.63) is 34.7 Å². The average molecular weight is 249 g/mol. The van der Waals surface area contributed by atoms with E-state index in [1.165, 1.54) is 25.9 Å². The SMILES string of the molecule is CN1CCCC(CNCCn2ccccc2=O)C1. The van der Waals surface area contributed by atoms with E-state index < -0.39 is 0 Å². The van der Waals surface area contributed by atoms with E-state index in [0.29, 0.717) is 0 Å². The Morgan fingerprint density at radius 3 is 3.11 bits per heavy atom. The summed E-state index contributed by atoms with van der Waals surface area (Å²) in [6, 6.07) is 5.29. The lowest BCUT2D eigenvalue weighted by Crippen LogP contribution is -2.38. The van der Waals surface area contributed by atoms with E-state index in [1.807, 2.05) is 12.3 Å². The average Bonchev–Trinajstić information content (AvgIpc) is 2.37. The zero-order valence-corrected chi connectivity index (χ0v) is 11.1. The standard InChI is InChI=1S/C14H23N3O/c1-16-8-4-5-13(12-16)11-15-7-10-17-9-3-2-6-14(17)18/h2-3,6,9,13,15H,4-5,7-8,10-12H2,1H3. The highest BCUT2D eigenvalue weighted by molar-refractivity contribution is 4.93. The molecule has 0 amide bonds. The van der Waals surface area contributed by atoms with Crippen LogP contribution in [0.3, 0.4) is 0 Å². The summed E-state index contributed by atoms with van der Waals surface area (Å²) in [6.07, 6.45) is 4.47. The van der Waals surface area contributed by atoms with Gasteiger partial charge in [-0.3, -0.25) is 4.79 Å². The molecule has 1 atom stereocenters. The number of nitrogens with one attached hydrogen (secondary N) is 1. The molecule has 4 heteroatoms. The molecule has 1 N–H and O–H groups in total. The van der Waals surface area contributed by atoms with Gasteiger partial charge >= 0.3 is 0 Å². The Kier molecular flexibility index (Phi) is 4.96. The topological polar surface area (TPSA) is 37.3 Å². The van der Waals surface area contributed by atoms with Crippen molar-refractivity contribution >= 4 is 0 Å². The van der Waals surface area contributed by atoms with Crippen LogP contribution in [-0.2, 0) is 6.54 Å². The number of hydrogen-bond acceptors (Lipinski definition) is 3. The van der Waals surface area contributed by atoms with Crippen LogP contribution in [0, 0.1) is 5.92 Å². The number of rotatable bonds is 5. The van der Waals surface area contributed by atoms with Gasteiger partial charge in [0.25, 0.3) is 5.56 Å². The molecule has 1 fully saturated rings. The molecular formula is C14H23N3O. The fourth-order valence-electron chi connectivity index (χ4n) is 2.59. The monoisotopic (exact) mass is 249 g/mol. The zero-order valence-electron chi connectivity index (χ0n) is 11.1. The maximum atomic E-state index is 11.5. The van der Waals surface area contributed by atoms with Crippen LogP contribution >= 0.6 is 0 Å². The molecule has 18 heavy (non-hydrogen) atoms. The maximum Gasteiger partial charge on any atom is 0.250 e. The Hall–Kier alpha value is -1.13. The number of pyridine rings is 1. The molecule has 1 aromatic heterocycles. The molecule has 0 spiro atoms. The van der Waals surface area contributed by atoms with Crippen LogP contribution in [0.15, 0.2) is 29.2 Å². The van der Waals surface area contributed by atoms with Crippen molar-refractivity contribution in [1.29, 1.82) is 0 Å². The molecule has 1 aromatic rings. The van der Waals surface area contributed by atoms with E-state index >= 15 is 0 Å². The fourth-order valence-corrected chi connectivity index (χ4v) is 2.59. The Labute approximate surface area is 109 Å². The van der Waals surface area contributed by atoms with Crippen LogP contribution in [0.5, 0.6) is 0 Å². The summed E-state index contributed by atoms with van der Waals surface area (Å²) in [5.74, 6) is 0.760. The molecule has 0 aromatic carbocycles. The van der Waals surface area contributed by atoms with Crippen LogP contribution < -0.4 is 10.9 Å². The first-order chi connectivity index (χ1) is 8.75. The number of likely N-dealkylation sites (tertiary alicyclic amines) is 1. The van der Waals surface area contributed by atoms with E-state index in [-0.39, 0.29) is 5.56 Å². The van der Waals surface area contributed by atoms with Gasteiger partial charge in [0.15, 0.2) is 0 Å². The Morgan fingerprint density at radius 1 is 1.44 bits per heavy atom. The molecule has 1 aliphatic heterocycles. The van der Waals surface area contributed by atoms with Crippen LogP contribution in [0.4, 0.5) is 0 Å². The second-order valence-corrected chi connectivity index (χ2v) is 5.21. The summed E-state index contributed by atoms with van der Waals surface area (Å²) < 4.78 is 1.75. The summed E-state index contributed by atoms with van der Waals surface area (Å²) in [6.45, 7) is 5.10. The minimum atomic E-state index is 0.0803. The van der Waals surface area contributed by atoms with Crippen molar-refractivity contribution in [2.45, 2.75) is 19.4 Å². The highest BCUT2D eigenvalue weighted by Gasteiger charge is 2.16. The van der Waals surface area contributed by atoms with Gasteiger partial charge in [-0.1, -0.05) is 6.07 Å². The predicted molar refractivity (Wildman–Crippen MR) is 73.8 cm³/mol. The Balaban J connectivity index is 1.67. The van der Waals surface area contributed by atoms with Crippen molar-refractivity contribution in [2.75, 3.05) is 33.2 Å². The number of nitrogens with zero attached hydrogens (tertiary/aromatic N) is 2. The van der Waals surface area contributed by atoms with E-state index in [0.717, 1.165) is 25.6 Å². The first kappa shape index (κ1) is 13.3. The summed E-state index contributed by atoms with van der Waals surface area (Å²) in [7, 11) is 2.19. The second-order valence-electron chi connectivity index (χ2n) is 5.21. The normalized spacial score (nSPS) is 21.1. The first-order valence-electron chi connectivity index (χ1n) is 6.80. The van der Waals surface area contributed by atoms with Crippen molar-refractivity contribution < 1.29 is 0 Å². The summed E-state index contributed by atoms with van der Waals surface area (Å²) >= 11 is 0. The molecule has 1 unspecified atom stereocenters. The highest BCUT2D eigenvalue weighted by atomic mass is 16.1. The van der Waals surface area contributed by atoms with Crippen molar-refractivity contribution in [2.24, 2.45) is 5.92 Å². The van der Waals surface area contributed by atoms with Gasteiger partial charge in [-0.05, 0) is 45.0 Å². The predicted octanol–water partition coefficient (Wildman–Crippen LogP) is 0.780. The van der Waals surface area contributed by atoms with Gasteiger partial charge < -0.3 is 14.8 Å². The molecule has 1 aliphatic rings. The fraction of sp³-hybridized carbons (Fsp3) is 0.643. The summed E-state index contributed by atoms with van der Waals surface area (Å²) in [4.78, 5) is 13.9. The van der Waals surface area contributed by atoms with Gasteiger partial charge in [0.1, 0.15) is 0 Å². The first-order valence-corrected chi connectivity index (χ1v) is 6.80. The van der Waals surface area contributed by atoms with Crippen LogP contribution in [0.2, 0.25) is 0 Å². The van der Waals surface area contributed by atoms with Crippen molar-refractivity contribution in [1.82, 2.24) is 14.8 Å². The molecule has 0 saturated carbocycles. The quantitative estimate of drug-likeness (QED) is 0.784. The Morgan fingerprint density at radius 2 is 2.33 bits per heavy atom. The van der Waals surface area contributed by atoms with Gasteiger partial charge in [0, 0.05) is 31.9 Å². The lowest BCUT2D eigenvalue weighted by Gasteiger charge is -2.29. The van der Waals surface area contributed by atoms with E-state index in [2.05, 4.69) is 17.3 Å².